The number of aliphatic hydroxyl groups is 4. The SMILES string of the molecule is CC[N+](C)(C)[C@H]1C(O)O[C@H](CO)[C@@H](O)[C@@H]1O.O=S(=O)([O-])O. The molecule has 0 radical (unpaired) electrons. The van der Waals surface area contributed by atoms with Gasteiger partial charge >= 0.3 is 0 Å². The molecule has 1 saturated heterocycles. The highest BCUT2D eigenvalue weighted by molar-refractivity contribution is 7.79. The first-order valence-corrected chi connectivity index (χ1v) is 7.53. The van der Waals surface area contributed by atoms with Gasteiger partial charge < -0.3 is 34.2 Å². The quantitative estimate of drug-likeness (QED) is 0.204. The van der Waals surface area contributed by atoms with Crippen molar-refractivity contribution < 1.29 is 47.2 Å². The van der Waals surface area contributed by atoms with Crippen molar-refractivity contribution in [3.05, 3.63) is 0 Å². The first kappa shape index (κ1) is 20.6. The average molecular weight is 333 g/mol. The summed E-state index contributed by atoms with van der Waals surface area (Å²) in [7, 11) is -1.24. The molecule has 11 heteroatoms. The Hall–Kier alpha value is -0.370. The number of rotatable bonds is 3. The van der Waals surface area contributed by atoms with E-state index in [4.69, 9.17) is 27.4 Å². The molecule has 128 valence electrons. The Kier molecular flexibility index (Phi) is 7.62. The van der Waals surface area contributed by atoms with Gasteiger partial charge in [0.2, 0.25) is 16.7 Å². The molecule has 1 rings (SSSR count). The Labute approximate surface area is 123 Å². The molecule has 0 aromatic rings. The molecule has 1 aliphatic rings. The molecule has 0 spiro atoms. The molecular weight excluding hydrogens is 310 g/mol. The number of likely N-dealkylation sites (N-methyl/N-ethyl adjacent to an activating group) is 1. The lowest BCUT2D eigenvalue weighted by Gasteiger charge is -2.47. The predicted octanol–water partition coefficient (Wildman–Crippen LogP) is -3.11. The van der Waals surface area contributed by atoms with Gasteiger partial charge in [-0.3, -0.25) is 4.55 Å². The minimum absolute atomic E-state index is 0.331. The van der Waals surface area contributed by atoms with E-state index in [2.05, 4.69) is 0 Å². The van der Waals surface area contributed by atoms with Crippen LogP contribution in [0, 0.1) is 0 Å². The fourth-order valence-electron chi connectivity index (χ4n) is 2.05. The van der Waals surface area contributed by atoms with Crippen LogP contribution in [-0.4, -0.2) is 100 Å². The first-order chi connectivity index (χ1) is 9.35. The summed E-state index contributed by atoms with van der Waals surface area (Å²) in [5.74, 6) is 0. The third kappa shape index (κ3) is 6.50. The van der Waals surface area contributed by atoms with Gasteiger partial charge in [-0.1, -0.05) is 0 Å². The van der Waals surface area contributed by atoms with E-state index in [0.29, 0.717) is 11.0 Å². The van der Waals surface area contributed by atoms with Crippen LogP contribution in [0.2, 0.25) is 0 Å². The van der Waals surface area contributed by atoms with E-state index in [1.165, 1.54) is 0 Å². The molecule has 1 aliphatic heterocycles. The molecular formula is C10H23NO9S. The van der Waals surface area contributed by atoms with Gasteiger partial charge in [-0.05, 0) is 6.92 Å². The van der Waals surface area contributed by atoms with Crippen LogP contribution in [0.3, 0.4) is 0 Å². The monoisotopic (exact) mass is 333 g/mol. The first-order valence-electron chi connectivity index (χ1n) is 6.16. The normalized spacial score (nSPS) is 34.0. The standard InChI is InChI=1S/C10H22NO5.H2O4S/c1-4-11(2,3)7-9(14)8(13)6(5-12)16-10(7)15;1-5(2,3)4/h6-10,12-15H,4-5H2,1-3H3;(H2,1,2,3,4)/q+1;/p-1/t6-,7-,8-,9-,10?;/m1./s1. The van der Waals surface area contributed by atoms with E-state index in [1.54, 1.807) is 0 Å². The second-order valence-corrected chi connectivity index (χ2v) is 6.10. The summed E-state index contributed by atoms with van der Waals surface area (Å²) in [6, 6.07) is -0.622. The average Bonchev–Trinajstić information content (AvgIpc) is 2.31. The lowest BCUT2D eigenvalue weighted by molar-refractivity contribution is -0.926. The van der Waals surface area contributed by atoms with Crippen LogP contribution in [0.15, 0.2) is 0 Å². The van der Waals surface area contributed by atoms with Crippen LogP contribution in [-0.2, 0) is 15.1 Å². The van der Waals surface area contributed by atoms with E-state index in [9.17, 15) is 15.3 Å². The van der Waals surface area contributed by atoms with Crippen LogP contribution in [0.5, 0.6) is 0 Å². The summed E-state index contributed by atoms with van der Waals surface area (Å²) in [6.07, 6.45) is -4.41. The number of ether oxygens (including phenoxy) is 1. The molecule has 0 amide bonds. The molecule has 0 aliphatic carbocycles. The molecule has 0 aromatic carbocycles. The second-order valence-electron chi connectivity index (χ2n) is 5.24. The van der Waals surface area contributed by atoms with Crippen molar-refractivity contribution in [1.82, 2.24) is 0 Å². The van der Waals surface area contributed by atoms with Crippen LogP contribution in [0.25, 0.3) is 0 Å². The number of aliphatic hydroxyl groups excluding tert-OH is 4. The molecule has 1 fully saturated rings. The molecule has 1 unspecified atom stereocenters. The fourth-order valence-corrected chi connectivity index (χ4v) is 2.05. The van der Waals surface area contributed by atoms with E-state index in [0.717, 1.165) is 0 Å². The van der Waals surface area contributed by atoms with E-state index in [1.807, 2.05) is 21.0 Å². The smallest absolute Gasteiger partial charge is 0.215 e. The van der Waals surface area contributed by atoms with Gasteiger partial charge in [0.15, 0.2) is 6.04 Å². The minimum Gasteiger partial charge on any atom is -0.726 e. The number of nitrogens with zero attached hydrogens (tertiary/aromatic N) is 1. The highest BCUT2D eigenvalue weighted by Gasteiger charge is 2.50. The Morgan fingerprint density at radius 3 is 1.95 bits per heavy atom. The Morgan fingerprint density at radius 1 is 1.19 bits per heavy atom. The van der Waals surface area contributed by atoms with Gasteiger partial charge in [0.05, 0.1) is 27.2 Å². The van der Waals surface area contributed by atoms with Crippen molar-refractivity contribution >= 4 is 10.4 Å². The molecule has 5 N–H and O–H groups in total. The van der Waals surface area contributed by atoms with Crippen LogP contribution in [0.4, 0.5) is 0 Å². The van der Waals surface area contributed by atoms with Gasteiger partial charge in [-0.2, -0.15) is 0 Å². The molecule has 1 heterocycles. The molecule has 0 aromatic heterocycles. The maximum absolute atomic E-state index is 9.96. The van der Waals surface area contributed by atoms with Crippen molar-refractivity contribution in [2.45, 2.75) is 37.6 Å². The molecule has 5 atom stereocenters. The molecule has 0 bridgehead atoms. The summed E-state index contributed by atoms with van der Waals surface area (Å²) in [4.78, 5) is 0. The summed E-state index contributed by atoms with van der Waals surface area (Å²) in [5.41, 5.74) is 0. The largest absolute Gasteiger partial charge is 0.726 e. The third-order valence-electron chi connectivity index (χ3n) is 3.49. The molecule has 21 heavy (non-hydrogen) atoms. The van der Waals surface area contributed by atoms with Gasteiger partial charge in [0, 0.05) is 0 Å². The van der Waals surface area contributed by atoms with Gasteiger partial charge in [0.1, 0.15) is 18.3 Å². The Bertz CT molecular complexity index is 405. The maximum atomic E-state index is 9.96. The number of hydrogen-bond donors (Lipinski definition) is 5. The van der Waals surface area contributed by atoms with E-state index >= 15 is 0 Å². The van der Waals surface area contributed by atoms with Crippen molar-refractivity contribution in [3.63, 3.8) is 0 Å². The summed E-state index contributed by atoms with van der Waals surface area (Å²) in [6.45, 7) is 2.17. The van der Waals surface area contributed by atoms with Gasteiger partial charge in [-0.15, -0.1) is 0 Å². The lowest BCUT2D eigenvalue weighted by atomic mass is 9.95. The second kappa shape index (κ2) is 7.76. The Morgan fingerprint density at radius 2 is 1.62 bits per heavy atom. The topological polar surface area (TPSA) is 168 Å². The van der Waals surface area contributed by atoms with Crippen LogP contribution < -0.4 is 0 Å². The van der Waals surface area contributed by atoms with Gasteiger partial charge in [0.25, 0.3) is 0 Å². The van der Waals surface area contributed by atoms with Crippen molar-refractivity contribution in [1.29, 1.82) is 0 Å². The van der Waals surface area contributed by atoms with Crippen LogP contribution >= 0.6 is 0 Å². The summed E-state index contributed by atoms with van der Waals surface area (Å²) < 4.78 is 38.3. The van der Waals surface area contributed by atoms with Crippen molar-refractivity contribution in [3.8, 4) is 0 Å². The van der Waals surface area contributed by atoms with Crippen LogP contribution in [0.1, 0.15) is 6.92 Å². The fraction of sp³-hybridized carbons (Fsp3) is 1.00. The van der Waals surface area contributed by atoms with E-state index in [-0.39, 0.29) is 0 Å². The van der Waals surface area contributed by atoms with E-state index < -0.39 is 47.6 Å². The van der Waals surface area contributed by atoms with Gasteiger partial charge in [-0.25, -0.2) is 8.42 Å². The zero-order chi connectivity index (χ0) is 17.0. The zero-order valence-electron chi connectivity index (χ0n) is 12.0. The minimum atomic E-state index is -4.92. The third-order valence-corrected chi connectivity index (χ3v) is 3.49. The lowest BCUT2D eigenvalue weighted by Crippen LogP contribution is -2.68. The maximum Gasteiger partial charge on any atom is 0.215 e. The number of hydrogen-bond acceptors (Lipinski definition) is 8. The molecule has 10 nitrogen and oxygen atoms in total. The van der Waals surface area contributed by atoms with Crippen molar-refractivity contribution in [2.75, 3.05) is 27.2 Å². The zero-order valence-corrected chi connectivity index (χ0v) is 12.8. The highest BCUT2D eigenvalue weighted by atomic mass is 32.3. The van der Waals surface area contributed by atoms with Crippen molar-refractivity contribution in [2.24, 2.45) is 0 Å². The highest BCUT2D eigenvalue weighted by Crippen LogP contribution is 2.26. The summed E-state index contributed by atoms with van der Waals surface area (Å²) >= 11 is 0. The summed E-state index contributed by atoms with van der Waals surface area (Å²) in [5, 5.41) is 38.4. The molecule has 0 saturated carbocycles. The Balaban J connectivity index is 0.000000690. The number of quaternary nitrogens is 1. The predicted molar refractivity (Wildman–Crippen MR) is 68.7 cm³/mol.